The molecule has 7 nitrogen and oxygen atoms in total. The van der Waals surface area contributed by atoms with E-state index >= 15 is 0 Å². The van der Waals surface area contributed by atoms with Crippen molar-refractivity contribution in [1.29, 1.82) is 0 Å². The predicted molar refractivity (Wildman–Crippen MR) is 84.5 cm³/mol. The van der Waals surface area contributed by atoms with Crippen LogP contribution in [0.3, 0.4) is 0 Å². The number of hydrogen-bond acceptors (Lipinski definition) is 5. The Hall–Kier alpha value is -2.09. The fraction of sp³-hybridized carbons (Fsp3) is 0.429. The number of amides is 1. The fourth-order valence-corrected chi connectivity index (χ4v) is 2.86. The minimum Gasteiger partial charge on any atom is -0.325 e. The number of tetrazole rings is 1. The van der Waals surface area contributed by atoms with Crippen molar-refractivity contribution in [3.05, 3.63) is 36.2 Å². The molecule has 0 unspecified atom stereocenters. The van der Waals surface area contributed by atoms with Gasteiger partial charge in [-0.2, -0.15) is 0 Å². The highest BCUT2D eigenvalue weighted by molar-refractivity contribution is 7.85. The van der Waals surface area contributed by atoms with Crippen molar-refractivity contribution in [1.82, 2.24) is 20.2 Å². The second-order valence-electron chi connectivity index (χ2n) is 4.84. The first kappa shape index (κ1) is 16.3. The van der Waals surface area contributed by atoms with Gasteiger partial charge in [0.1, 0.15) is 5.25 Å². The number of hydrogen-bond donors (Lipinski definition) is 1. The Kier molecular flexibility index (Phi) is 5.76. The van der Waals surface area contributed by atoms with Gasteiger partial charge in [0, 0.05) is 23.0 Å². The highest BCUT2D eigenvalue weighted by Gasteiger charge is 2.22. The molecule has 0 saturated carbocycles. The van der Waals surface area contributed by atoms with Gasteiger partial charge in [-0.15, -0.1) is 5.10 Å². The lowest BCUT2D eigenvalue weighted by molar-refractivity contribution is -0.115. The molecule has 0 spiro atoms. The third-order valence-corrected chi connectivity index (χ3v) is 4.66. The van der Waals surface area contributed by atoms with Crippen LogP contribution in [0.5, 0.6) is 0 Å². The molecular weight excluding hydrogens is 302 g/mol. The molecular formula is C14H19N5O2S. The van der Waals surface area contributed by atoms with Gasteiger partial charge in [-0.1, -0.05) is 25.1 Å². The quantitative estimate of drug-likeness (QED) is 0.831. The van der Waals surface area contributed by atoms with Crippen molar-refractivity contribution < 1.29 is 9.00 Å². The molecule has 118 valence electrons. The van der Waals surface area contributed by atoms with E-state index in [1.54, 1.807) is 23.7 Å². The largest absolute Gasteiger partial charge is 0.325 e. The molecule has 0 fully saturated rings. The molecule has 8 heteroatoms. The Morgan fingerprint density at radius 3 is 2.77 bits per heavy atom. The number of carbonyl (C=O) groups is 1. The van der Waals surface area contributed by atoms with Gasteiger partial charge in [0.05, 0.1) is 5.75 Å². The molecule has 2 rings (SSSR count). The number of aryl methyl sites for hydroxylation is 1. The van der Waals surface area contributed by atoms with Crippen molar-refractivity contribution in [3.63, 3.8) is 0 Å². The van der Waals surface area contributed by atoms with E-state index in [2.05, 4.69) is 20.8 Å². The SMILES string of the molecule is CCCn1nnnc1C[S@](=O)[C@H](C)C(=O)Nc1ccccc1. The first-order valence-corrected chi connectivity index (χ1v) is 8.48. The van der Waals surface area contributed by atoms with E-state index in [1.165, 1.54) is 0 Å². The molecule has 2 aromatic rings. The summed E-state index contributed by atoms with van der Waals surface area (Å²) in [6.45, 7) is 4.32. The van der Waals surface area contributed by atoms with E-state index in [4.69, 9.17) is 0 Å². The Morgan fingerprint density at radius 1 is 1.36 bits per heavy atom. The third-order valence-electron chi connectivity index (χ3n) is 3.12. The average Bonchev–Trinajstić information content (AvgIpc) is 2.95. The Morgan fingerprint density at radius 2 is 2.09 bits per heavy atom. The molecule has 1 aromatic carbocycles. The molecule has 1 heterocycles. The molecule has 0 radical (unpaired) electrons. The lowest BCUT2D eigenvalue weighted by Crippen LogP contribution is -2.30. The third kappa shape index (κ3) is 4.20. The van der Waals surface area contributed by atoms with Crippen LogP contribution in [0.25, 0.3) is 0 Å². The summed E-state index contributed by atoms with van der Waals surface area (Å²) in [6, 6.07) is 9.10. The maximum atomic E-state index is 12.3. The molecule has 1 aromatic heterocycles. The van der Waals surface area contributed by atoms with Crippen molar-refractivity contribution >= 4 is 22.4 Å². The monoisotopic (exact) mass is 321 g/mol. The number of nitrogens with zero attached hydrogens (tertiary/aromatic N) is 4. The summed E-state index contributed by atoms with van der Waals surface area (Å²) in [5, 5.41) is 13.4. The zero-order valence-corrected chi connectivity index (χ0v) is 13.4. The smallest absolute Gasteiger partial charge is 0.239 e. The van der Waals surface area contributed by atoms with Crippen LogP contribution in [-0.4, -0.2) is 35.6 Å². The molecule has 1 amide bonds. The zero-order valence-electron chi connectivity index (χ0n) is 12.6. The second kappa shape index (κ2) is 7.79. The van der Waals surface area contributed by atoms with Gasteiger partial charge in [0.15, 0.2) is 5.82 Å². The molecule has 2 atom stereocenters. The predicted octanol–water partition coefficient (Wildman–Crippen LogP) is 1.36. The Balaban J connectivity index is 1.96. The van der Waals surface area contributed by atoms with Crippen LogP contribution in [0.4, 0.5) is 5.69 Å². The number of nitrogens with one attached hydrogen (secondary N) is 1. The summed E-state index contributed by atoms with van der Waals surface area (Å²) in [5.74, 6) is 0.426. The van der Waals surface area contributed by atoms with E-state index < -0.39 is 16.0 Å². The summed E-state index contributed by atoms with van der Waals surface area (Å²) in [4.78, 5) is 12.1. The van der Waals surface area contributed by atoms with E-state index in [-0.39, 0.29) is 11.7 Å². The van der Waals surface area contributed by atoms with E-state index in [9.17, 15) is 9.00 Å². The molecule has 1 N–H and O–H groups in total. The molecule has 0 aliphatic carbocycles. The standard InChI is InChI=1S/C14H19N5O2S/c1-3-9-19-13(16-17-18-19)10-22(21)11(2)14(20)15-12-7-5-4-6-8-12/h4-8,11H,3,9-10H2,1-2H3,(H,15,20)/t11-,22+/m1/s1. The lowest BCUT2D eigenvalue weighted by atomic mass is 10.3. The van der Waals surface area contributed by atoms with Crippen molar-refractivity contribution in [2.45, 2.75) is 37.8 Å². The minimum atomic E-state index is -1.39. The number of aromatic nitrogens is 4. The van der Waals surface area contributed by atoms with Crippen LogP contribution in [0.1, 0.15) is 26.1 Å². The summed E-state index contributed by atoms with van der Waals surface area (Å²) >= 11 is 0. The molecule has 0 saturated heterocycles. The first-order valence-electron chi connectivity index (χ1n) is 7.10. The normalized spacial score (nSPS) is 13.5. The van der Waals surface area contributed by atoms with Crippen LogP contribution >= 0.6 is 0 Å². The number of benzene rings is 1. The van der Waals surface area contributed by atoms with Crippen LogP contribution < -0.4 is 5.32 Å². The van der Waals surface area contributed by atoms with Crippen molar-refractivity contribution in [2.75, 3.05) is 5.32 Å². The second-order valence-corrected chi connectivity index (χ2v) is 6.60. The molecule has 22 heavy (non-hydrogen) atoms. The Bertz CT molecular complexity index is 644. The van der Waals surface area contributed by atoms with Crippen LogP contribution in [0.15, 0.2) is 30.3 Å². The van der Waals surface area contributed by atoms with Gasteiger partial charge in [-0.25, -0.2) is 4.68 Å². The summed E-state index contributed by atoms with van der Waals surface area (Å²) in [7, 11) is -1.39. The van der Waals surface area contributed by atoms with Crippen molar-refractivity contribution in [2.24, 2.45) is 0 Å². The van der Waals surface area contributed by atoms with Crippen LogP contribution in [0, 0.1) is 0 Å². The zero-order chi connectivity index (χ0) is 15.9. The summed E-state index contributed by atoms with van der Waals surface area (Å²) in [5.41, 5.74) is 0.687. The maximum Gasteiger partial charge on any atom is 0.239 e. The van der Waals surface area contributed by atoms with Crippen LogP contribution in [-0.2, 0) is 27.9 Å². The number of carbonyl (C=O) groups excluding carboxylic acids is 1. The van der Waals surface area contributed by atoms with Gasteiger partial charge in [-0.3, -0.25) is 9.00 Å². The summed E-state index contributed by atoms with van der Waals surface area (Å²) < 4.78 is 14.0. The van der Waals surface area contributed by atoms with Gasteiger partial charge in [0.25, 0.3) is 0 Å². The van der Waals surface area contributed by atoms with Crippen molar-refractivity contribution in [3.8, 4) is 0 Å². The number of para-hydroxylation sites is 1. The Labute approximate surface area is 131 Å². The van der Waals surface area contributed by atoms with E-state index in [1.807, 2.05) is 25.1 Å². The average molecular weight is 321 g/mol. The molecule has 0 bridgehead atoms. The highest BCUT2D eigenvalue weighted by atomic mass is 32.2. The van der Waals surface area contributed by atoms with E-state index in [0.717, 1.165) is 6.42 Å². The van der Waals surface area contributed by atoms with Crippen LogP contribution in [0.2, 0.25) is 0 Å². The first-order chi connectivity index (χ1) is 10.6. The van der Waals surface area contributed by atoms with Gasteiger partial charge < -0.3 is 5.32 Å². The van der Waals surface area contributed by atoms with Gasteiger partial charge >= 0.3 is 0 Å². The lowest BCUT2D eigenvalue weighted by Gasteiger charge is -2.12. The highest BCUT2D eigenvalue weighted by Crippen LogP contribution is 2.10. The molecule has 0 aliphatic rings. The number of rotatable bonds is 7. The minimum absolute atomic E-state index is 0.163. The summed E-state index contributed by atoms with van der Waals surface area (Å²) in [6.07, 6.45) is 0.884. The topological polar surface area (TPSA) is 89.8 Å². The van der Waals surface area contributed by atoms with E-state index in [0.29, 0.717) is 18.1 Å². The van der Waals surface area contributed by atoms with Gasteiger partial charge in [0.2, 0.25) is 5.91 Å². The number of anilines is 1. The maximum absolute atomic E-state index is 12.3. The van der Waals surface area contributed by atoms with Gasteiger partial charge in [-0.05, 0) is 35.9 Å². The fourth-order valence-electron chi connectivity index (χ4n) is 1.85. The molecule has 0 aliphatic heterocycles.